The van der Waals surface area contributed by atoms with Crippen molar-refractivity contribution in [1.82, 2.24) is 5.32 Å². The topological polar surface area (TPSA) is 105 Å². The number of benzene rings is 3. The molecule has 178 valence electrons. The first-order valence-electron chi connectivity index (χ1n) is 10.9. The molecule has 0 aromatic heterocycles. The Kier molecular flexibility index (Phi) is 7.17. The van der Waals surface area contributed by atoms with E-state index in [1.807, 2.05) is 36.4 Å². The Labute approximate surface area is 207 Å². The van der Waals surface area contributed by atoms with E-state index in [-0.39, 0.29) is 29.7 Å². The van der Waals surface area contributed by atoms with Crippen LogP contribution in [0, 0.1) is 0 Å². The number of alkyl carbamates (subject to hydrolysis) is 1. The summed E-state index contributed by atoms with van der Waals surface area (Å²) in [6.45, 7) is 1.91. The molecule has 0 heterocycles. The van der Waals surface area contributed by atoms with Crippen LogP contribution in [0.5, 0.6) is 0 Å². The molecule has 7 nitrogen and oxygen atoms in total. The van der Waals surface area contributed by atoms with Gasteiger partial charge in [0.25, 0.3) is 5.91 Å². The summed E-state index contributed by atoms with van der Waals surface area (Å²) in [5.41, 5.74) is 5.24. The van der Waals surface area contributed by atoms with Gasteiger partial charge in [-0.05, 0) is 47.4 Å². The average molecular weight is 491 g/mol. The first-order valence-corrected chi connectivity index (χ1v) is 11.3. The van der Waals surface area contributed by atoms with Crippen LogP contribution in [0.1, 0.15) is 34.3 Å². The molecular formula is C27H23ClN2O5. The highest BCUT2D eigenvalue weighted by Crippen LogP contribution is 2.44. The van der Waals surface area contributed by atoms with Gasteiger partial charge in [-0.3, -0.25) is 4.79 Å². The lowest BCUT2D eigenvalue weighted by Crippen LogP contribution is -2.26. The van der Waals surface area contributed by atoms with E-state index in [1.54, 1.807) is 13.0 Å². The minimum atomic E-state index is -1.15. The van der Waals surface area contributed by atoms with E-state index in [0.29, 0.717) is 11.3 Å². The number of amides is 2. The summed E-state index contributed by atoms with van der Waals surface area (Å²) in [6.07, 6.45) is 0.983. The van der Waals surface area contributed by atoms with Crippen molar-refractivity contribution in [3.05, 3.63) is 100 Å². The van der Waals surface area contributed by atoms with Crippen LogP contribution in [0.4, 0.5) is 10.5 Å². The number of hydrogen-bond donors (Lipinski definition) is 3. The predicted octanol–water partition coefficient (Wildman–Crippen LogP) is 5.46. The summed E-state index contributed by atoms with van der Waals surface area (Å²) in [7, 11) is 0. The van der Waals surface area contributed by atoms with E-state index in [0.717, 1.165) is 22.3 Å². The standard InChI is InChI=1S/C27H23ClN2O5/c1-16(25(31)30-17-10-11-22(26(32)33)24(28)14-17)12-13-29-27(34)35-15-23-20-8-4-2-6-18(20)19-7-3-5-9-21(19)23/h2-12,14,23H,13,15H2,1H3,(H,29,34)(H,30,31)(H,32,33)/b16-12+. The maximum absolute atomic E-state index is 12.4. The van der Waals surface area contributed by atoms with E-state index < -0.39 is 18.0 Å². The SMILES string of the molecule is C/C(=C\CNC(=O)OCC1c2ccccc2-c2ccccc21)C(=O)Nc1ccc(C(=O)O)c(Cl)c1. The second-order valence-electron chi connectivity index (χ2n) is 8.05. The van der Waals surface area contributed by atoms with Gasteiger partial charge in [0.05, 0.1) is 10.6 Å². The number of carboxylic acid groups (broad SMARTS) is 1. The zero-order chi connectivity index (χ0) is 24.9. The molecule has 0 spiro atoms. The number of halogens is 1. The molecule has 3 N–H and O–H groups in total. The number of carboxylic acids is 1. The highest BCUT2D eigenvalue weighted by Gasteiger charge is 2.28. The molecule has 35 heavy (non-hydrogen) atoms. The number of carbonyl (C=O) groups excluding carboxylic acids is 2. The lowest BCUT2D eigenvalue weighted by atomic mass is 9.98. The average Bonchev–Trinajstić information content (AvgIpc) is 3.16. The molecule has 3 aromatic rings. The third kappa shape index (κ3) is 5.36. The van der Waals surface area contributed by atoms with Gasteiger partial charge < -0.3 is 20.5 Å². The molecule has 0 aliphatic heterocycles. The fourth-order valence-electron chi connectivity index (χ4n) is 4.03. The van der Waals surface area contributed by atoms with Crippen LogP contribution in [-0.2, 0) is 9.53 Å². The van der Waals surface area contributed by atoms with E-state index >= 15 is 0 Å². The van der Waals surface area contributed by atoms with Crippen molar-refractivity contribution < 1.29 is 24.2 Å². The lowest BCUT2D eigenvalue weighted by Gasteiger charge is -2.14. The Hall–Kier alpha value is -4.10. The van der Waals surface area contributed by atoms with Gasteiger partial charge in [0.1, 0.15) is 6.61 Å². The first-order chi connectivity index (χ1) is 16.8. The molecule has 0 unspecified atom stereocenters. The van der Waals surface area contributed by atoms with Crippen molar-refractivity contribution in [3.63, 3.8) is 0 Å². The molecule has 1 aliphatic rings. The van der Waals surface area contributed by atoms with Gasteiger partial charge in [0, 0.05) is 23.7 Å². The number of nitrogens with one attached hydrogen (secondary N) is 2. The predicted molar refractivity (Wildman–Crippen MR) is 134 cm³/mol. The molecule has 0 fully saturated rings. The van der Waals surface area contributed by atoms with Crippen LogP contribution < -0.4 is 10.6 Å². The minimum absolute atomic E-state index is 0.0221. The van der Waals surface area contributed by atoms with Crippen LogP contribution in [0.25, 0.3) is 11.1 Å². The second-order valence-corrected chi connectivity index (χ2v) is 8.45. The molecular weight excluding hydrogens is 468 g/mol. The maximum atomic E-state index is 12.4. The van der Waals surface area contributed by atoms with Crippen molar-refractivity contribution in [1.29, 1.82) is 0 Å². The molecule has 0 atom stereocenters. The van der Waals surface area contributed by atoms with Gasteiger partial charge in [0.15, 0.2) is 0 Å². The lowest BCUT2D eigenvalue weighted by molar-refractivity contribution is -0.112. The monoisotopic (exact) mass is 490 g/mol. The molecule has 0 bridgehead atoms. The number of rotatable bonds is 7. The number of fused-ring (bicyclic) bond motifs is 3. The number of carbonyl (C=O) groups is 3. The summed E-state index contributed by atoms with van der Waals surface area (Å²) >= 11 is 5.93. The van der Waals surface area contributed by atoms with Crippen LogP contribution >= 0.6 is 11.6 Å². The van der Waals surface area contributed by atoms with Crippen LogP contribution in [0.3, 0.4) is 0 Å². The Morgan fingerprint density at radius 1 is 1.00 bits per heavy atom. The number of aromatic carboxylic acids is 1. The van der Waals surface area contributed by atoms with E-state index in [9.17, 15) is 14.4 Å². The number of anilines is 1. The van der Waals surface area contributed by atoms with Crippen molar-refractivity contribution in [2.45, 2.75) is 12.8 Å². The largest absolute Gasteiger partial charge is 0.478 e. The maximum Gasteiger partial charge on any atom is 0.407 e. The first kappa shape index (κ1) is 24.0. The van der Waals surface area contributed by atoms with Crippen LogP contribution in [0.2, 0.25) is 5.02 Å². The molecule has 3 aromatic carbocycles. The molecule has 8 heteroatoms. The van der Waals surface area contributed by atoms with E-state index in [1.165, 1.54) is 18.2 Å². The van der Waals surface area contributed by atoms with Crippen LogP contribution in [-0.4, -0.2) is 36.2 Å². The highest BCUT2D eigenvalue weighted by molar-refractivity contribution is 6.33. The molecule has 0 saturated carbocycles. The van der Waals surface area contributed by atoms with Crippen molar-refractivity contribution in [2.75, 3.05) is 18.5 Å². The Bertz CT molecular complexity index is 1290. The number of hydrogen-bond acceptors (Lipinski definition) is 4. The third-order valence-corrected chi connectivity index (χ3v) is 6.13. The van der Waals surface area contributed by atoms with E-state index in [4.69, 9.17) is 21.4 Å². The summed E-state index contributed by atoms with van der Waals surface area (Å²) in [5.74, 6) is -1.59. The van der Waals surface area contributed by atoms with Crippen molar-refractivity contribution >= 4 is 35.3 Å². The third-order valence-electron chi connectivity index (χ3n) is 5.81. The second kappa shape index (κ2) is 10.4. The van der Waals surface area contributed by atoms with Gasteiger partial charge in [0.2, 0.25) is 0 Å². The van der Waals surface area contributed by atoms with E-state index in [2.05, 4.69) is 22.8 Å². The van der Waals surface area contributed by atoms with Gasteiger partial charge in [-0.25, -0.2) is 9.59 Å². The fraction of sp³-hybridized carbons (Fsp3) is 0.148. The number of ether oxygens (including phenoxy) is 1. The molecule has 0 radical (unpaired) electrons. The Morgan fingerprint density at radius 2 is 1.63 bits per heavy atom. The molecule has 1 aliphatic carbocycles. The fourth-order valence-corrected chi connectivity index (χ4v) is 4.29. The van der Waals surface area contributed by atoms with Crippen LogP contribution in [0.15, 0.2) is 78.4 Å². The van der Waals surface area contributed by atoms with Crippen molar-refractivity contribution in [2.24, 2.45) is 0 Å². The van der Waals surface area contributed by atoms with Gasteiger partial charge in [-0.15, -0.1) is 0 Å². The van der Waals surface area contributed by atoms with Crippen molar-refractivity contribution in [3.8, 4) is 11.1 Å². The summed E-state index contributed by atoms with van der Waals surface area (Å²) in [4.78, 5) is 35.7. The smallest absolute Gasteiger partial charge is 0.407 e. The Morgan fingerprint density at radius 3 is 2.23 bits per heavy atom. The van der Waals surface area contributed by atoms with Gasteiger partial charge >= 0.3 is 12.1 Å². The molecule has 4 rings (SSSR count). The molecule has 0 saturated heterocycles. The zero-order valence-electron chi connectivity index (χ0n) is 18.9. The molecule has 2 amide bonds. The normalized spacial score (nSPS) is 12.5. The summed E-state index contributed by atoms with van der Waals surface area (Å²) < 4.78 is 5.48. The minimum Gasteiger partial charge on any atom is -0.478 e. The zero-order valence-corrected chi connectivity index (χ0v) is 19.6. The van der Waals surface area contributed by atoms with Gasteiger partial charge in [-0.1, -0.05) is 66.2 Å². The summed E-state index contributed by atoms with van der Waals surface area (Å²) in [6, 6.07) is 20.3. The Balaban J connectivity index is 1.29. The quantitative estimate of drug-likeness (QED) is 0.381. The van der Waals surface area contributed by atoms with Gasteiger partial charge in [-0.2, -0.15) is 0 Å². The summed E-state index contributed by atoms with van der Waals surface area (Å²) in [5, 5.41) is 14.3. The highest BCUT2D eigenvalue weighted by atomic mass is 35.5.